The number of aromatic nitrogens is 1. The molecule has 0 saturated heterocycles. The molecule has 4 nitrogen and oxygen atoms in total. The summed E-state index contributed by atoms with van der Waals surface area (Å²) in [5.41, 5.74) is 2.11. The zero-order valence-corrected chi connectivity index (χ0v) is 12.1. The first kappa shape index (κ1) is 14.3. The Hall–Kier alpha value is -1.13. The van der Waals surface area contributed by atoms with Crippen molar-refractivity contribution in [3.63, 3.8) is 0 Å². The van der Waals surface area contributed by atoms with Crippen LogP contribution in [-0.2, 0) is 11.3 Å². The summed E-state index contributed by atoms with van der Waals surface area (Å²) in [6.07, 6.45) is 4.54. The fourth-order valence-corrected chi connectivity index (χ4v) is 1.88. The highest BCUT2D eigenvalue weighted by Gasteiger charge is 2.21. The van der Waals surface area contributed by atoms with Gasteiger partial charge in [0.05, 0.1) is 6.61 Å². The summed E-state index contributed by atoms with van der Waals surface area (Å²) in [4.78, 5) is 4.36. The van der Waals surface area contributed by atoms with E-state index < -0.39 is 0 Å². The Bertz CT molecular complexity index is 405. The average Bonchev–Trinajstić information content (AvgIpc) is 3.19. The second-order valence-corrected chi connectivity index (χ2v) is 5.18. The van der Waals surface area contributed by atoms with Crippen molar-refractivity contribution in [2.45, 2.75) is 52.3 Å². The summed E-state index contributed by atoms with van der Waals surface area (Å²) in [5, 5.41) is 3.50. The number of nitrogens with zero attached hydrogens (tertiary/aromatic N) is 1. The number of hydrogen-bond donors (Lipinski definition) is 1. The van der Waals surface area contributed by atoms with Crippen LogP contribution >= 0.6 is 0 Å². The summed E-state index contributed by atoms with van der Waals surface area (Å²) in [6, 6.07) is 2.70. The fraction of sp³-hybridized carbons (Fsp3) is 0.667. The summed E-state index contributed by atoms with van der Waals surface area (Å²) in [5.74, 6) is 0.924. The van der Waals surface area contributed by atoms with E-state index in [0.29, 0.717) is 12.6 Å². The molecule has 0 spiro atoms. The Labute approximate surface area is 115 Å². The Kier molecular flexibility index (Phi) is 5.16. The highest BCUT2D eigenvalue weighted by atomic mass is 16.5. The monoisotopic (exact) mass is 264 g/mol. The lowest BCUT2D eigenvalue weighted by Gasteiger charge is -2.18. The van der Waals surface area contributed by atoms with Gasteiger partial charge in [-0.05, 0) is 33.6 Å². The molecule has 0 aromatic carbocycles. The number of aryl methyl sites for hydroxylation is 1. The van der Waals surface area contributed by atoms with Crippen molar-refractivity contribution < 1.29 is 9.47 Å². The average molecular weight is 264 g/mol. The smallest absolute Gasteiger partial charge is 0.127 e. The van der Waals surface area contributed by atoms with Crippen LogP contribution in [0.25, 0.3) is 0 Å². The Morgan fingerprint density at radius 2 is 2.26 bits per heavy atom. The van der Waals surface area contributed by atoms with Crippen molar-refractivity contribution in [1.82, 2.24) is 10.3 Å². The zero-order chi connectivity index (χ0) is 13.7. The molecule has 0 aliphatic heterocycles. The Balaban J connectivity index is 1.96. The number of pyridine rings is 1. The fourth-order valence-electron chi connectivity index (χ4n) is 1.88. The SMILES string of the molecule is CCOCC(C)Oc1cc(C)ncc1CNC1CC1. The minimum Gasteiger partial charge on any atom is -0.488 e. The van der Waals surface area contributed by atoms with Gasteiger partial charge in [0.1, 0.15) is 11.9 Å². The van der Waals surface area contributed by atoms with Crippen molar-refractivity contribution in [2.24, 2.45) is 0 Å². The molecule has 0 bridgehead atoms. The largest absolute Gasteiger partial charge is 0.488 e. The van der Waals surface area contributed by atoms with Crippen LogP contribution in [-0.4, -0.2) is 30.3 Å². The van der Waals surface area contributed by atoms with Crippen molar-refractivity contribution in [1.29, 1.82) is 0 Å². The first-order valence-corrected chi connectivity index (χ1v) is 7.12. The molecule has 1 unspecified atom stereocenters. The lowest BCUT2D eigenvalue weighted by atomic mass is 10.2. The molecule has 1 aromatic rings. The first-order chi connectivity index (χ1) is 9.19. The van der Waals surface area contributed by atoms with Crippen molar-refractivity contribution in [3.05, 3.63) is 23.5 Å². The van der Waals surface area contributed by atoms with Gasteiger partial charge in [0, 0.05) is 42.7 Å². The van der Waals surface area contributed by atoms with E-state index in [2.05, 4.69) is 10.3 Å². The number of hydrogen-bond acceptors (Lipinski definition) is 4. The molecule has 0 amide bonds. The third kappa shape index (κ3) is 4.80. The van der Waals surface area contributed by atoms with Crippen molar-refractivity contribution in [2.75, 3.05) is 13.2 Å². The van der Waals surface area contributed by atoms with Crippen LogP contribution < -0.4 is 10.1 Å². The molecule has 106 valence electrons. The Morgan fingerprint density at radius 1 is 1.47 bits per heavy atom. The lowest BCUT2D eigenvalue weighted by Crippen LogP contribution is -2.21. The first-order valence-electron chi connectivity index (χ1n) is 7.12. The molecule has 19 heavy (non-hydrogen) atoms. The van der Waals surface area contributed by atoms with E-state index in [-0.39, 0.29) is 6.10 Å². The molecule has 1 saturated carbocycles. The van der Waals surface area contributed by atoms with Crippen LogP contribution in [0.2, 0.25) is 0 Å². The van der Waals surface area contributed by atoms with Gasteiger partial charge < -0.3 is 14.8 Å². The van der Waals surface area contributed by atoms with Crippen LogP contribution in [0, 0.1) is 6.92 Å². The predicted octanol–water partition coefficient (Wildman–Crippen LogP) is 2.45. The second-order valence-electron chi connectivity index (χ2n) is 5.18. The maximum absolute atomic E-state index is 5.98. The van der Waals surface area contributed by atoms with Crippen LogP contribution in [0.1, 0.15) is 37.9 Å². The Morgan fingerprint density at radius 3 is 2.95 bits per heavy atom. The van der Waals surface area contributed by atoms with Gasteiger partial charge in [-0.3, -0.25) is 4.98 Å². The topological polar surface area (TPSA) is 43.4 Å². The maximum Gasteiger partial charge on any atom is 0.127 e. The molecule has 1 heterocycles. The molecule has 2 rings (SSSR count). The summed E-state index contributed by atoms with van der Waals surface area (Å²) in [6.45, 7) is 8.18. The minimum atomic E-state index is 0.0569. The second kappa shape index (κ2) is 6.87. The molecule has 1 atom stereocenters. The van der Waals surface area contributed by atoms with E-state index in [1.165, 1.54) is 12.8 Å². The van der Waals surface area contributed by atoms with Gasteiger partial charge >= 0.3 is 0 Å². The van der Waals surface area contributed by atoms with Gasteiger partial charge in [0.15, 0.2) is 0 Å². The maximum atomic E-state index is 5.98. The number of nitrogens with one attached hydrogen (secondary N) is 1. The van der Waals surface area contributed by atoms with Gasteiger partial charge in [-0.2, -0.15) is 0 Å². The molecule has 1 N–H and O–H groups in total. The van der Waals surface area contributed by atoms with Crippen LogP contribution in [0.4, 0.5) is 0 Å². The quantitative estimate of drug-likeness (QED) is 0.783. The van der Waals surface area contributed by atoms with Gasteiger partial charge in [0.2, 0.25) is 0 Å². The van der Waals surface area contributed by atoms with E-state index in [1.54, 1.807) is 0 Å². The van der Waals surface area contributed by atoms with E-state index in [4.69, 9.17) is 9.47 Å². The highest BCUT2D eigenvalue weighted by molar-refractivity contribution is 5.33. The van der Waals surface area contributed by atoms with Crippen molar-refractivity contribution >= 4 is 0 Å². The predicted molar refractivity (Wildman–Crippen MR) is 75.4 cm³/mol. The molecular weight excluding hydrogens is 240 g/mol. The molecule has 0 radical (unpaired) electrons. The minimum absolute atomic E-state index is 0.0569. The number of rotatable bonds is 8. The van der Waals surface area contributed by atoms with E-state index >= 15 is 0 Å². The normalized spacial score (nSPS) is 16.4. The standard InChI is InChI=1S/C15H24N2O2/c1-4-18-10-12(3)19-15-7-11(2)16-8-13(15)9-17-14-5-6-14/h7-8,12,14,17H,4-6,9-10H2,1-3H3. The summed E-state index contributed by atoms with van der Waals surface area (Å²) < 4.78 is 11.4. The lowest BCUT2D eigenvalue weighted by molar-refractivity contribution is 0.0651. The molecule has 1 aliphatic carbocycles. The van der Waals surface area contributed by atoms with Gasteiger partial charge in [-0.15, -0.1) is 0 Å². The molecule has 1 aliphatic rings. The van der Waals surface area contributed by atoms with Gasteiger partial charge in [0.25, 0.3) is 0 Å². The third-order valence-electron chi connectivity index (χ3n) is 3.12. The summed E-state index contributed by atoms with van der Waals surface area (Å²) in [7, 11) is 0. The molecule has 1 fully saturated rings. The molecule has 4 heteroatoms. The molecule has 1 aromatic heterocycles. The third-order valence-corrected chi connectivity index (χ3v) is 3.12. The van der Waals surface area contributed by atoms with Crippen LogP contribution in [0.5, 0.6) is 5.75 Å². The van der Waals surface area contributed by atoms with E-state index in [9.17, 15) is 0 Å². The van der Waals surface area contributed by atoms with Crippen LogP contribution in [0.15, 0.2) is 12.3 Å². The van der Waals surface area contributed by atoms with Crippen molar-refractivity contribution in [3.8, 4) is 5.75 Å². The zero-order valence-electron chi connectivity index (χ0n) is 12.1. The van der Waals surface area contributed by atoms with E-state index in [1.807, 2.05) is 33.0 Å². The highest BCUT2D eigenvalue weighted by Crippen LogP contribution is 2.23. The van der Waals surface area contributed by atoms with Gasteiger partial charge in [-0.25, -0.2) is 0 Å². The summed E-state index contributed by atoms with van der Waals surface area (Å²) >= 11 is 0. The number of ether oxygens (including phenoxy) is 2. The van der Waals surface area contributed by atoms with Crippen LogP contribution in [0.3, 0.4) is 0 Å². The van der Waals surface area contributed by atoms with Gasteiger partial charge in [-0.1, -0.05) is 0 Å². The van der Waals surface area contributed by atoms with E-state index in [0.717, 1.165) is 30.2 Å². The molecular formula is C15H24N2O2.